The first-order valence-corrected chi connectivity index (χ1v) is 9.38. The molecule has 7 heteroatoms. The summed E-state index contributed by atoms with van der Waals surface area (Å²) >= 11 is 0. The van der Waals surface area contributed by atoms with Gasteiger partial charge in [0.05, 0.1) is 5.69 Å². The van der Waals surface area contributed by atoms with Gasteiger partial charge in [0, 0.05) is 38.8 Å². The van der Waals surface area contributed by atoms with Gasteiger partial charge in [-0.1, -0.05) is 35.0 Å². The third-order valence-corrected chi connectivity index (χ3v) is 5.30. The molecule has 0 aliphatic carbocycles. The van der Waals surface area contributed by atoms with Crippen molar-refractivity contribution < 1.29 is 9.63 Å². The van der Waals surface area contributed by atoms with Crippen molar-refractivity contribution in [3.63, 3.8) is 0 Å². The highest BCUT2D eigenvalue weighted by Crippen LogP contribution is 2.28. The van der Waals surface area contributed by atoms with Gasteiger partial charge in [-0.05, 0) is 25.8 Å². The van der Waals surface area contributed by atoms with Gasteiger partial charge >= 0.3 is 0 Å². The lowest BCUT2D eigenvalue weighted by Gasteiger charge is -2.42. The molecule has 1 N–H and O–H groups in total. The Hall–Kier alpha value is -2.51. The standard InChI is InChI=1S/C20H25N5O2/c1-14-3-5-16(6-4-14)11-24-8-9-25(12-17(24)7-10-26)19-18-15(2)23-27-20(18)22-13-21-19/h3-6,13,17,26H,7-12H2,1-2H3/t17-/m1/s1. The predicted molar refractivity (Wildman–Crippen MR) is 104 cm³/mol. The fraction of sp³-hybridized carbons (Fsp3) is 0.450. The third-order valence-electron chi connectivity index (χ3n) is 5.30. The van der Waals surface area contributed by atoms with Gasteiger partial charge in [0.15, 0.2) is 0 Å². The van der Waals surface area contributed by atoms with E-state index in [1.807, 2.05) is 6.92 Å². The topological polar surface area (TPSA) is 78.5 Å². The van der Waals surface area contributed by atoms with Crippen molar-refractivity contribution in [3.05, 3.63) is 47.4 Å². The fourth-order valence-electron chi connectivity index (χ4n) is 3.79. The van der Waals surface area contributed by atoms with Crippen molar-refractivity contribution in [3.8, 4) is 0 Å². The van der Waals surface area contributed by atoms with Gasteiger partial charge in [0.2, 0.25) is 0 Å². The zero-order valence-electron chi connectivity index (χ0n) is 15.8. The molecule has 0 amide bonds. The number of nitrogens with zero attached hydrogens (tertiary/aromatic N) is 5. The van der Waals surface area contributed by atoms with Gasteiger partial charge in [0.25, 0.3) is 5.71 Å². The zero-order chi connectivity index (χ0) is 18.8. The molecule has 0 saturated carbocycles. The molecule has 7 nitrogen and oxygen atoms in total. The molecule has 1 aliphatic heterocycles. The number of aliphatic hydroxyl groups is 1. The van der Waals surface area contributed by atoms with E-state index in [4.69, 9.17) is 4.52 Å². The number of anilines is 1. The second-order valence-corrected chi connectivity index (χ2v) is 7.21. The second kappa shape index (κ2) is 7.62. The summed E-state index contributed by atoms with van der Waals surface area (Å²) in [5, 5.41) is 14.5. The molecule has 142 valence electrons. The molecule has 2 aromatic heterocycles. The van der Waals surface area contributed by atoms with E-state index in [0.717, 1.165) is 49.5 Å². The highest BCUT2D eigenvalue weighted by Gasteiger charge is 2.29. The maximum absolute atomic E-state index is 9.58. The van der Waals surface area contributed by atoms with E-state index in [2.05, 4.69) is 56.1 Å². The Morgan fingerprint density at radius 2 is 1.96 bits per heavy atom. The van der Waals surface area contributed by atoms with E-state index >= 15 is 0 Å². The maximum atomic E-state index is 9.58. The molecule has 0 bridgehead atoms. The van der Waals surface area contributed by atoms with Crippen LogP contribution in [0.1, 0.15) is 23.2 Å². The number of piperazine rings is 1. The summed E-state index contributed by atoms with van der Waals surface area (Å²) in [6.07, 6.45) is 2.27. The summed E-state index contributed by atoms with van der Waals surface area (Å²) in [7, 11) is 0. The zero-order valence-corrected chi connectivity index (χ0v) is 15.8. The Morgan fingerprint density at radius 3 is 2.74 bits per heavy atom. The number of rotatable bonds is 5. The first-order valence-electron chi connectivity index (χ1n) is 9.38. The smallest absolute Gasteiger partial charge is 0.263 e. The van der Waals surface area contributed by atoms with Gasteiger partial charge < -0.3 is 14.5 Å². The number of aryl methyl sites for hydroxylation is 2. The monoisotopic (exact) mass is 367 g/mol. The van der Waals surface area contributed by atoms with Gasteiger partial charge in [0.1, 0.15) is 17.5 Å². The minimum atomic E-state index is 0.175. The van der Waals surface area contributed by atoms with Crippen LogP contribution in [0.2, 0.25) is 0 Å². The van der Waals surface area contributed by atoms with Crippen LogP contribution in [-0.4, -0.2) is 57.4 Å². The van der Waals surface area contributed by atoms with E-state index < -0.39 is 0 Å². The molecule has 4 rings (SSSR count). The summed E-state index contributed by atoms with van der Waals surface area (Å²) in [4.78, 5) is 13.4. The van der Waals surface area contributed by atoms with Crippen molar-refractivity contribution >= 4 is 16.9 Å². The number of benzene rings is 1. The first-order chi connectivity index (χ1) is 13.2. The van der Waals surface area contributed by atoms with Gasteiger partial charge in [-0.3, -0.25) is 4.90 Å². The van der Waals surface area contributed by atoms with Crippen LogP contribution in [-0.2, 0) is 6.54 Å². The Kier molecular flexibility index (Phi) is 5.05. The third kappa shape index (κ3) is 3.65. The van der Waals surface area contributed by atoms with Crippen LogP contribution in [0, 0.1) is 13.8 Å². The molecule has 0 unspecified atom stereocenters. The highest BCUT2D eigenvalue weighted by atomic mass is 16.5. The van der Waals surface area contributed by atoms with Gasteiger partial charge in [-0.2, -0.15) is 4.98 Å². The summed E-state index contributed by atoms with van der Waals surface area (Å²) in [5.74, 6) is 0.872. The van der Waals surface area contributed by atoms with E-state index in [9.17, 15) is 5.11 Å². The maximum Gasteiger partial charge on any atom is 0.263 e. The van der Waals surface area contributed by atoms with Crippen LogP contribution in [0.25, 0.3) is 11.1 Å². The summed E-state index contributed by atoms with van der Waals surface area (Å²) in [6, 6.07) is 8.94. The molecular weight excluding hydrogens is 342 g/mol. The fourth-order valence-corrected chi connectivity index (χ4v) is 3.79. The van der Waals surface area contributed by atoms with Crippen molar-refractivity contribution in [1.82, 2.24) is 20.0 Å². The van der Waals surface area contributed by atoms with Crippen LogP contribution in [0.4, 0.5) is 5.82 Å². The number of fused-ring (bicyclic) bond motifs is 1. The first kappa shape index (κ1) is 17.9. The molecule has 0 radical (unpaired) electrons. The average Bonchev–Trinajstić information content (AvgIpc) is 3.06. The molecule has 1 atom stereocenters. The van der Waals surface area contributed by atoms with Crippen molar-refractivity contribution in [2.75, 3.05) is 31.1 Å². The van der Waals surface area contributed by atoms with Crippen molar-refractivity contribution in [2.24, 2.45) is 0 Å². The van der Waals surface area contributed by atoms with Gasteiger partial charge in [-0.25, -0.2) is 4.98 Å². The van der Waals surface area contributed by atoms with Crippen LogP contribution >= 0.6 is 0 Å². The quantitative estimate of drug-likeness (QED) is 0.741. The van der Waals surface area contributed by atoms with Crippen molar-refractivity contribution in [2.45, 2.75) is 32.9 Å². The summed E-state index contributed by atoms with van der Waals surface area (Å²) < 4.78 is 5.29. The minimum absolute atomic E-state index is 0.175. The number of aliphatic hydroxyl groups excluding tert-OH is 1. The SMILES string of the molecule is Cc1ccc(CN2CCN(c3ncnc4onc(C)c34)C[C@H]2CCO)cc1. The number of hydrogen-bond donors (Lipinski definition) is 1. The average molecular weight is 367 g/mol. The number of hydrogen-bond acceptors (Lipinski definition) is 7. The molecule has 27 heavy (non-hydrogen) atoms. The highest BCUT2D eigenvalue weighted by molar-refractivity contribution is 5.87. The normalized spacial score (nSPS) is 18.3. The van der Waals surface area contributed by atoms with Crippen LogP contribution in [0.3, 0.4) is 0 Å². The van der Waals surface area contributed by atoms with E-state index in [1.54, 1.807) is 0 Å². The van der Waals surface area contributed by atoms with Crippen LogP contribution in [0.5, 0.6) is 0 Å². The molecule has 3 aromatic rings. The molecule has 0 spiro atoms. The predicted octanol–water partition coefficient (Wildman–Crippen LogP) is 2.31. The molecule has 1 aromatic carbocycles. The lowest BCUT2D eigenvalue weighted by atomic mass is 10.1. The van der Waals surface area contributed by atoms with Crippen molar-refractivity contribution in [1.29, 1.82) is 0 Å². The van der Waals surface area contributed by atoms with E-state index in [1.165, 1.54) is 17.5 Å². The van der Waals surface area contributed by atoms with Crippen LogP contribution < -0.4 is 4.90 Å². The molecule has 1 aliphatic rings. The lowest BCUT2D eigenvalue weighted by molar-refractivity contribution is 0.135. The largest absolute Gasteiger partial charge is 0.396 e. The molecule has 3 heterocycles. The van der Waals surface area contributed by atoms with E-state index in [-0.39, 0.29) is 12.6 Å². The summed E-state index contributed by atoms with van der Waals surface area (Å²) in [5.41, 5.74) is 3.91. The van der Waals surface area contributed by atoms with Crippen LogP contribution in [0.15, 0.2) is 35.1 Å². The summed E-state index contributed by atoms with van der Waals surface area (Å²) in [6.45, 7) is 7.67. The Balaban J connectivity index is 1.55. The van der Waals surface area contributed by atoms with Gasteiger partial charge in [-0.15, -0.1) is 0 Å². The lowest BCUT2D eigenvalue weighted by Crippen LogP contribution is -2.53. The Labute approximate surface area is 158 Å². The minimum Gasteiger partial charge on any atom is -0.396 e. The number of aromatic nitrogens is 3. The molecule has 1 saturated heterocycles. The Bertz CT molecular complexity index is 908. The molecular formula is C20H25N5O2. The second-order valence-electron chi connectivity index (χ2n) is 7.21. The Morgan fingerprint density at radius 1 is 1.15 bits per heavy atom. The molecule has 1 fully saturated rings. The van der Waals surface area contributed by atoms with E-state index in [0.29, 0.717) is 5.71 Å².